The smallest absolute Gasteiger partial charge is 0.181 e. The quantitative estimate of drug-likeness (QED) is 0.638. The predicted octanol–water partition coefficient (Wildman–Crippen LogP) is 5.25. The molecule has 1 aromatic carbocycles. The van der Waals surface area contributed by atoms with Crippen LogP contribution in [0.25, 0.3) is 10.2 Å². The zero-order valence-electron chi connectivity index (χ0n) is 11.2. The largest absolute Gasteiger partial charge is 0.228 e. The number of halogens is 1. The van der Waals surface area contributed by atoms with Crippen LogP contribution in [0.15, 0.2) is 26.9 Å². The molecule has 0 N–H and O–H groups in total. The van der Waals surface area contributed by atoms with Crippen LogP contribution < -0.4 is 0 Å². The van der Waals surface area contributed by atoms with Gasteiger partial charge < -0.3 is 0 Å². The molecule has 0 fully saturated rings. The van der Waals surface area contributed by atoms with Gasteiger partial charge in [0.15, 0.2) is 8.68 Å². The van der Waals surface area contributed by atoms with E-state index < -0.39 is 0 Å². The van der Waals surface area contributed by atoms with Crippen molar-refractivity contribution in [1.29, 1.82) is 0 Å². The average Bonchev–Trinajstić information content (AvgIpc) is 2.96. The summed E-state index contributed by atoms with van der Waals surface area (Å²) in [5.74, 6) is 0. The van der Waals surface area contributed by atoms with E-state index in [1.807, 2.05) is 18.2 Å². The number of nitrogens with zero attached hydrogens (tertiary/aromatic N) is 3. The van der Waals surface area contributed by atoms with Gasteiger partial charge in [0.1, 0.15) is 10.5 Å². The van der Waals surface area contributed by atoms with Crippen LogP contribution in [0.2, 0.25) is 5.02 Å². The summed E-state index contributed by atoms with van der Waals surface area (Å²) >= 11 is 11.0. The molecule has 2 heterocycles. The first-order valence-corrected chi connectivity index (χ1v) is 8.83. The highest BCUT2D eigenvalue weighted by Crippen LogP contribution is 2.38. The van der Waals surface area contributed by atoms with Crippen molar-refractivity contribution < 1.29 is 0 Å². The molecule has 0 aliphatic heterocycles. The average molecular weight is 342 g/mol. The van der Waals surface area contributed by atoms with Crippen molar-refractivity contribution in [1.82, 2.24) is 15.2 Å². The van der Waals surface area contributed by atoms with Gasteiger partial charge >= 0.3 is 0 Å². The van der Waals surface area contributed by atoms with Gasteiger partial charge in [-0.3, -0.25) is 0 Å². The van der Waals surface area contributed by atoms with E-state index in [-0.39, 0.29) is 5.41 Å². The third kappa shape index (κ3) is 2.83. The van der Waals surface area contributed by atoms with Crippen LogP contribution in [-0.2, 0) is 5.41 Å². The molecule has 0 radical (unpaired) electrons. The van der Waals surface area contributed by atoms with Crippen LogP contribution in [0, 0.1) is 0 Å². The number of benzene rings is 1. The molecule has 0 bridgehead atoms. The minimum absolute atomic E-state index is 0.0351. The molecule has 3 rings (SSSR count). The van der Waals surface area contributed by atoms with E-state index in [2.05, 4.69) is 36.0 Å². The van der Waals surface area contributed by atoms with Gasteiger partial charge in [0.05, 0.1) is 9.72 Å². The third-order valence-electron chi connectivity index (χ3n) is 2.57. The number of hydrogen-bond donors (Lipinski definition) is 0. The number of fused-ring (bicyclic) bond motifs is 1. The van der Waals surface area contributed by atoms with Crippen LogP contribution in [0.5, 0.6) is 0 Å². The van der Waals surface area contributed by atoms with E-state index in [0.29, 0.717) is 5.02 Å². The molecule has 0 amide bonds. The van der Waals surface area contributed by atoms with Gasteiger partial charge in [-0.25, -0.2) is 4.98 Å². The Hall–Kier alpha value is -0.690. The van der Waals surface area contributed by atoms with Crippen molar-refractivity contribution in [2.24, 2.45) is 0 Å². The number of aromatic nitrogens is 3. The third-order valence-corrected chi connectivity index (χ3v) is 6.36. The first kappa shape index (κ1) is 14.3. The standard InChI is InChI=1S/C13H12ClN3S3/c1-13(2,3)10-16-17-12(19-10)20-11-15-9-7(14)5-4-6-8(9)18-11/h4-6H,1-3H3. The minimum Gasteiger partial charge on any atom is -0.228 e. The summed E-state index contributed by atoms with van der Waals surface area (Å²) in [5.41, 5.74) is 0.898. The Kier molecular flexibility index (Phi) is 3.75. The zero-order valence-corrected chi connectivity index (χ0v) is 14.4. The van der Waals surface area contributed by atoms with E-state index in [0.717, 1.165) is 23.9 Å². The van der Waals surface area contributed by atoms with E-state index in [4.69, 9.17) is 11.6 Å². The Labute approximate surface area is 134 Å². The molecule has 0 spiro atoms. The van der Waals surface area contributed by atoms with E-state index in [1.165, 1.54) is 0 Å². The van der Waals surface area contributed by atoms with Crippen LogP contribution in [0.4, 0.5) is 0 Å². The second kappa shape index (κ2) is 5.26. The van der Waals surface area contributed by atoms with Crippen molar-refractivity contribution in [2.75, 3.05) is 0 Å². The van der Waals surface area contributed by atoms with Crippen molar-refractivity contribution in [3.8, 4) is 0 Å². The van der Waals surface area contributed by atoms with Crippen LogP contribution >= 0.6 is 46.0 Å². The Morgan fingerprint density at radius 2 is 1.90 bits per heavy atom. The number of thiazole rings is 1. The fourth-order valence-corrected chi connectivity index (χ4v) is 5.04. The molecule has 3 aromatic rings. The summed E-state index contributed by atoms with van der Waals surface area (Å²) in [6.45, 7) is 6.41. The molecular formula is C13H12ClN3S3. The highest BCUT2D eigenvalue weighted by atomic mass is 35.5. The zero-order chi connectivity index (χ0) is 14.3. The maximum absolute atomic E-state index is 6.15. The Morgan fingerprint density at radius 1 is 1.10 bits per heavy atom. The lowest BCUT2D eigenvalue weighted by Gasteiger charge is -2.12. The molecule has 20 heavy (non-hydrogen) atoms. The normalized spacial score (nSPS) is 12.2. The number of rotatable bonds is 2. The first-order chi connectivity index (χ1) is 9.43. The Morgan fingerprint density at radius 3 is 2.55 bits per heavy atom. The summed E-state index contributed by atoms with van der Waals surface area (Å²) in [4.78, 5) is 4.57. The van der Waals surface area contributed by atoms with Gasteiger partial charge in [-0.15, -0.1) is 21.5 Å². The van der Waals surface area contributed by atoms with Crippen molar-refractivity contribution in [2.45, 2.75) is 34.9 Å². The predicted molar refractivity (Wildman–Crippen MR) is 87.4 cm³/mol. The van der Waals surface area contributed by atoms with Crippen LogP contribution in [0.3, 0.4) is 0 Å². The highest BCUT2D eigenvalue weighted by Gasteiger charge is 2.20. The molecule has 0 aliphatic rings. The van der Waals surface area contributed by atoms with Crippen LogP contribution in [0.1, 0.15) is 25.8 Å². The lowest BCUT2D eigenvalue weighted by Crippen LogP contribution is -2.10. The lowest BCUT2D eigenvalue weighted by atomic mass is 9.98. The lowest BCUT2D eigenvalue weighted by molar-refractivity contribution is 0.577. The molecule has 3 nitrogen and oxygen atoms in total. The molecule has 0 saturated carbocycles. The van der Waals surface area contributed by atoms with Crippen LogP contribution in [-0.4, -0.2) is 15.2 Å². The summed E-state index contributed by atoms with van der Waals surface area (Å²) in [6.07, 6.45) is 0. The van der Waals surface area contributed by atoms with Gasteiger partial charge in [-0.2, -0.15) is 0 Å². The Bertz CT molecular complexity index is 758. The van der Waals surface area contributed by atoms with Gasteiger partial charge in [0.2, 0.25) is 0 Å². The van der Waals surface area contributed by atoms with Crippen molar-refractivity contribution in [3.05, 3.63) is 28.2 Å². The van der Waals surface area contributed by atoms with Crippen molar-refractivity contribution >= 4 is 56.3 Å². The van der Waals surface area contributed by atoms with Crippen molar-refractivity contribution in [3.63, 3.8) is 0 Å². The molecule has 0 unspecified atom stereocenters. The van der Waals surface area contributed by atoms with E-state index >= 15 is 0 Å². The van der Waals surface area contributed by atoms with Gasteiger partial charge in [0.25, 0.3) is 0 Å². The number of hydrogen-bond acceptors (Lipinski definition) is 6. The fourth-order valence-electron chi connectivity index (χ4n) is 1.57. The first-order valence-electron chi connectivity index (χ1n) is 6.00. The summed E-state index contributed by atoms with van der Waals surface area (Å²) in [6, 6.07) is 5.84. The van der Waals surface area contributed by atoms with Gasteiger partial charge in [0, 0.05) is 5.41 Å². The molecular weight excluding hydrogens is 330 g/mol. The SMILES string of the molecule is CC(C)(C)c1nnc(Sc2nc3c(Cl)cccc3s2)s1. The second-order valence-electron chi connectivity index (χ2n) is 5.29. The molecule has 7 heteroatoms. The minimum atomic E-state index is 0.0351. The molecule has 0 aliphatic carbocycles. The highest BCUT2D eigenvalue weighted by molar-refractivity contribution is 8.02. The second-order valence-corrected chi connectivity index (χ2v) is 9.20. The summed E-state index contributed by atoms with van der Waals surface area (Å²) < 4.78 is 2.97. The molecule has 0 saturated heterocycles. The maximum atomic E-state index is 6.15. The topological polar surface area (TPSA) is 38.7 Å². The Balaban J connectivity index is 1.90. The summed E-state index contributed by atoms with van der Waals surface area (Å²) in [5, 5.41) is 10.2. The molecule has 104 valence electrons. The molecule has 0 atom stereocenters. The number of para-hydroxylation sites is 1. The van der Waals surface area contributed by atoms with Gasteiger partial charge in [-0.1, -0.05) is 49.8 Å². The monoisotopic (exact) mass is 341 g/mol. The fraction of sp³-hybridized carbons (Fsp3) is 0.308. The molecule has 2 aromatic heterocycles. The van der Waals surface area contributed by atoms with E-state index in [1.54, 1.807) is 34.4 Å². The summed E-state index contributed by atoms with van der Waals surface area (Å²) in [7, 11) is 0. The van der Waals surface area contributed by atoms with E-state index in [9.17, 15) is 0 Å². The van der Waals surface area contributed by atoms with Gasteiger partial charge in [-0.05, 0) is 23.9 Å². The maximum Gasteiger partial charge on any atom is 0.181 e.